The molecule has 5 aromatic carbocycles. The Morgan fingerprint density at radius 3 is 1.63 bits per heavy atom. The summed E-state index contributed by atoms with van der Waals surface area (Å²) in [5.74, 6) is -9.48. The highest BCUT2D eigenvalue weighted by Crippen LogP contribution is 2.30. The molecule has 2 fully saturated rings. The molecule has 32 heteroatoms. The third-order valence-electron chi connectivity index (χ3n) is 19.0. The topological polar surface area (TPSA) is 472 Å². The van der Waals surface area contributed by atoms with E-state index in [1.54, 1.807) is 50.2 Å². The number of ketones is 1. The number of carbonyl (C=O) groups is 14. The molecule has 0 bridgehead atoms. The second-order valence-electron chi connectivity index (χ2n) is 28.5. The van der Waals surface area contributed by atoms with E-state index in [-0.39, 0.29) is 81.2 Å². The molecule has 0 aliphatic carbocycles. The van der Waals surface area contributed by atoms with Gasteiger partial charge in [-0.25, -0.2) is 9.59 Å². The average Bonchev–Trinajstić information content (AvgIpc) is 1.64. The van der Waals surface area contributed by atoms with Crippen LogP contribution < -0.4 is 75.3 Å². The molecule has 2 aliphatic heterocycles. The van der Waals surface area contributed by atoms with Crippen LogP contribution in [0.5, 0.6) is 0 Å². The lowest BCUT2D eigenvalue weighted by molar-refractivity contribution is -0.148. The first-order chi connectivity index (χ1) is 53.0. The summed E-state index contributed by atoms with van der Waals surface area (Å²) in [5, 5.41) is 45.1. The largest absolute Gasteiger partial charge is 0.394 e. The molecule has 1 aromatic heterocycles. The zero-order valence-electron chi connectivity index (χ0n) is 62.4. The van der Waals surface area contributed by atoms with Crippen molar-refractivity contribution in [3.05, 3.63) is 173 Å². The Morgan fingerprint density at radius 1 is 0.604 bits per heavy atom. The van der Waals surface area contributed by atoms with Crippen molar-refractivity contribution >= 4 is 117 Å². The highest BCUT2D eigenvalue weighted by Gasteiger charge is 2.49. The van der Waals surface area contributed by atoms with E-state index >= 15 is 9.59 Å². The quantitative estimate of drug-likeness (QED) is 0.0150. The van der Waals surface area contributed by atoms with E-state index in [2.05, 4.69) is 63.5 Å². The number of halogens is 1. The highest BCUT2D eigenvalue weighted by molar-refractivity contribution is 6.30. The van der Waals surface area contributed by atoms with E-state index in [1.165, 1.54) is 72.7 Å². The number of nitrogens with two attached hydrogens (primary N) is 2. The maximum Gasteiger partial charge on any atom is 0.322 e. The average molecular weight is 1550 g/mol. The molecule has 111 heavy (non-hydrogen) atoms. The Bertz CT molecular complexity index is 4310. The summed E-state index contributed by atoms with van der Waals surface area (Å²) >= 11 is 6.24. The number of pyridine rings is 1. The fourth-order valence-electron chi connectivity index (χ4n) is 13.1. The number of unbranched alkanes of at least 4 members (excludes halogenated alkanes) is 1. The Kier molecular flexibility index (Phi) is 31.2. The molecule has 8 rings (SSSR count). The third-order valence-corrected chi connectivity index (χ3v) is 19.2. The van der Waals surface area contributed by atoms with Gasteiger partial charge in [-0.15, -0.1) is 0 Å². The van der Waals surface area contributed by atoms with Gasteiger partial charge in [-0.3, -0.25) is 63.0 Å². The van der Waals surface area contributed by atoms with Crippen LogP contribution in [0, 0.1) is 5.92 Å². The number of amides is 14. The second kappa shape index (κ2) is 40.8. The van der Waals surface area contributed by atoms with Gasteiger partial charge in [-0.05, 0) is 145 Å². The number of aliphatic hydroxyl groups is 1. The van der Waals surface area contributed by atoms with Crippen molar-refractivity contribution < 1.29 is 72.2 Å². The van der Waals surface area contributed by atoms with Gasteiger partial charge in [-0.1, -0.05) is 124 Å². The number of aromatic nitrogens is 1. The molecule has 0 saturated carbocycles. The van der Waals surface area contributed by atoms with Gasteiger partial charge < -0.3 is 84.8 Å². The van der Waals surface area contributed by atoms with Gasteiger partial charge in [-0.2, -0.15) is 0 Å². The summed E-state index contributed by atoms with van der Waals surface area (Å²) in [7, 11) is 0. The molecule has 6 aromatic rings. The molecule has 0 radical (unpaired) electrons. The molecule has 3 heterocycles. The van der Waals surface area contributed by atoms with Crippen LogP contribution in [0.3, 0.4) is 0 Å². The summed E-state index contributed by atoms with van der Waals surface area (Å²) < 4.78 is 0. The number of hydrogen-bond acceptors (Lipinski definition) is 18. The predicted molar refractivity (Wildman–Crippen MR) is 413 cm³/mol. The fraction of sp³-hybridized carbons (Fsp3) is 0.405. The van der Waals surface area contributed by atoms with Crippen molar-refractivity contribution in [1.29, 1.82) is 0 Å². The number of nitrogens with one attached hydrogen (secondary N) is 12. The SMILES string of the molecule is CC(=O)[C@@]1(C=O)CCCN1C(=O)[C@H](CCCCNC(C)C)NC(=O)[C@H](CC(C)C)NC(=O)[C@@H](Cc1ccc(NC(N)=O)cc1)NC(=O)[C@H](Cc1ccc(NC(=O)[C@@H]2CC(=O)NC(=O)N2)cc1)NC(=O)[C@H](CO)NC(=O)[C@@H](Cc1cccnc1)NC(=O)[C@@H](Cc1ccc(Cl)cc1)NC(=O)[C@H](N)Cc1ccc2ccccc2c1. The number of anilines is 2. The Labute approximate surface area is 647 Å². The van der Waals surface area contributed by atoms with Crippen LogP contribution in [0.25, 0.3) is 10.8 Å². The summed E-state index contributed by atoms with van der Waals surface area (Å²) in [4.78, 5) is 199. The smallest absolute Gasteiger partial charge is 0.322 e. The first-order valence-electron chi connectivity index (χ1n) is 36.8. The molecule has 14 amide bonds. The van der Waals surface area contributed by atoms with Crippen LogP contribution in [0.2, 0.25) is 5.02 Å². The number of carbonyl (C=O) groups excluding carboxylic acids is 14. The Hall–Kier alpha value is -11.5. The fourth-order valence-corrected chi connectivity index (χ4v) is 13.2. The zero-order chi connectivity index (χ0) is 80.5. The van der Waals surface area contributed by atoms with Crippen LogP contribution in [-0.2, 0) is 89.6 Å². The number of rotatable bonds is 39. The minimum Gasteiger partial charge on any atom is -0.394 e. The number of aldehydes is 1. The lowest BCUT2D eigenvalue weighted by Crippen LogP contribution is -2.62. The maximum atomic E-state index is 15.4. The second-order valence-corrected chi connectivity index (χ2v) is 28.9. The van der Waals surface area contributed by atoms with E-state index in [9.17, 15) is 62.6 Å². The molecule has 0 spiro atoms. The van der Waals surface area contributed by atoms with Gasteiger partial charge in [0.05, 0.1) is 19.1 Å². The highest BCUT2D eigenvalue weighted by atomic mass is 35.5. The minimum absolute atomic E-state index is 0.0240. The van der Waals surface area contributed by atoms with Crippen molar-refractivity contribution in [3.63, 3.8) is 0 Å². The number of urea groups is 2. The number of imide groups is 1. The van der Waals surface area contributed by atoms with Gasteiger partial charge in [0.1, 0.15) is 48.3 Å². The van der Waals surface area contributed by atoms with Gasteiger partial charge >= 0.3 is 12.1 Å². The van der Waals surface area contributed by atoms with Gasteiger partial charge in [0.25, 0.3) is 0 Å². The molecule has 0 unspecified atom stereocenters. The Balaban J connectivity index is 1.09. The van der Waals surface area contributed by atoms with E-state index < -0.39 is 150 Å². The minimum atomic E-state index is -1.89. The summed E-state index contributed by atoms with van der Waals surface area (Å²) in [6, 6.07) is 20.0. The molecular weight excluding hydrogens is 1450 g/mol. The summed E-state index contributed by atoms with van der Waals surface area (Å²) in [5.41, 5.74) is 13.0. The number of fused-ring (bicyclic) bond motifs is 1. The summed E-state index contributed by atoms with van der Waals surface area (Å²) in [6.45, 7) is 8.26. The lowest BCUT2D eigenvalue weighted by atomic mass is 9.92. The predicted octanol–water partition coefficient (Wildman–Crippen LogP) is 2.51. The van der Waals surface area contributed by atoms with Gasteiger partial charge in [0, 0.05) is 67.1 Å². The molecule has 10 atom stereocenters. The zero-order valence-corrected chi connectivity index (χ0v) is 63.2. The van der Waals surface area contributed by atoms with Gasteiger partial charge in [0.2, 0.25) is 59.1 Å². The van der Waals surface area contributed by atoms with Gasteiger partial charge in [0.15, 0.2) is 17.6 Å². The van der Waals surface area contributed by atoms with Crippen molar-refractivity contribution in [2.24, 2.45) is 17.4 Å². The molecule has 2 aliphatic rings. The number of likely N-dealkylation sites (tertiary alicyclic amines) is 1. The maximum absolute atomic E-state index is 15.4. The summed E-state index contributed by atoms with van der Waals surface area (Å²) in [6.07, 6.45) is 3.46. The number of hydrogen-bond donors (Lipinski definition) is 15. The van der Waals surface area contributed by atoms with E-state index in [4.69, 9.17) is 23.1 Å². The van der Waals surface area contributed by atoms with Crippen molar-refractivity contribution in [1.82, 2.24) is 63.1 Å². The number of Topliss-reactive ketones (excluding diaryl/α,β-unsaturated/α-hetero) is 1. The van der Waals surface area contributed by atoms with Crippen LogP contribution >= 0.6 is 11.6 Å². The van der Waals surface area contributed by atoms with Crippen LogP contribution in [-0.4, -0.2) is 184 Å². The molecule has 2 saturated heterocycles. The molecular formula is C79H97ClN16O15. The van der Waals surface area contributed by atoms with Crippen LogP contribution in [0.4, 0.5) is 21.0 Å². The third kappa shape index (κ3) is 25.3. The first-order valence-corrected chi connectivity index (χ1v) is 37.2. The standard InChI is InChI=1S/C79H97ClN16O15/c1-45(2)34-60(70(103)87-59(15-8-9-32-84-46(3)4)76(109)96-33-11-30-79(96,44-98)47(5)99)89-72(105)62(38-50-21-28-57(29-22-50)86-77(82)110)90-73(106)63(39-49-19-26-56(27-20-49)85-69(102)65-41-67(100)95-78(111)94-65)92-75(108)66(43-97)93-74(107)64(40-52-12-10-31-83-42-52)91-71(104)61(37-48-17-24-55(80)25-18-48)88-68(101)58(81)36-51-16-23-53-13-6-7-14-54(53)35-51/h6-7,10,12-14,16-29,31,35,42,44-46,58-66,84,97H,8-9,11,15,30,32-34,36-41,43,81H2,1-5H3,(H,85,102)(H,87,103)(H,88,101)(H,89,105)(H,90,106)(H,91,104)(H,92,108)(H,93,107)(H3,82,86,110)(H2,94,95,100,111)/t58-,59+,60+,61-,62-,63+,64-,65+,66+,79+/m1/s1. The first kappa shape index (κ1) is 85.1. The normalized spacial score (nSPS) is 16.8. The number of aliphatic hydroxyl groups excluding tert-OH is 1. The van der Waals surface area contributed by atoms with Crippen molar-refractivity contribution in [2.45, 2.75) is 178 Å². The van der Waals surface area contributed by atoms with E-state index in [1.807, 2.05) is 61.6 Å². The van der Waals surface area contributed by atoms with E-state index in [0.29, 0.717) is 59.4 Å². The number of nitrogens with zero attached hydrogens (tertiary/aromatic N) is 2. The monoisotopic (exact) mass is 1540 g/mol. The molecule has 17 N–H and O–H groups in total. The lowest BCUT2D eigenvalue weighted by Gasteiger charge is -2.35. The Morgan fingerprint density at radius 2 is 1.11 bits per heavy atom. The van der Waals surface area contributed by atoms with Crippen LogP contribution in [0.15, 0.2) is 140 Å². The molecule has 31 nitrogen and oxygen atoms in total. The molecule has 590 valence electrons. The number of primary amides is 1. The van der Waals surface area contributed by atoms with Crippen molar-refractivity contribution in [2.75, 3.05) is 30.3 Å². The van der Waals surface area contributed by atoms with E-state index in [0.717, 1.165) is 16.3 Å². The number of benzene rings is 5. The van der Waals surface area contributed by atoms with Crippen LogP contribution in [0.1, 0.15) is 107 Å². The van der Waals surface area contributed by atoms with Crippen molar-refractivity contribution in [3.8, 4) is 0 Å².